The van der Waals surface area contributed by atoms with Crippen molar-refractivity contribution in [3.8, 4) is 0 Å². The van der Waals surface area contributed by atoms with Crippen molar-refractivity contribution < 1.29 is 14.0 Å². The summed E-state index contributed by atoms with van der Waals surface area (Å²) >= 11 is 0. The van der Waals surface area contributed by atoms with Crippen LogP contribution >= 0.6 is 0 Å². The van der Waals surface area contributed by atoms with Crippen molar-refractivity contribution in [3.63, 3.8) is 0 Å². The highest BCUT2D eigenvalue weighted by molar-refractivity contribution is 5.96. The van der Waals surface area contributed by atoms with Gasteiger partial charge in [-0.1, -0.05) is 42.5 Å². The first-order valence-electron chi connectivity index (χ1n) is 10.8. The Bertz CT molecular complexity index is 1370. The lowest BCUT2D eigenvalue weighted by Gasteiger charge is -2.32. The number of carbonyl (C=O) groups is 2. The maximum atomic E-state index is 13.3. The maximum absolute atomic E-state index is 13.3. The largest absolute Gasteiger partial charge is 0.323 e. The van der Waals surface area contributed by atoms with E-state index >= 15 is 0 Å². The monoisotopic (exact) mass is 442 g/mol. The van der Waals surface area contributed by atoms with Crippen LogP contribution in [0.2, 0.25) is 0 Å². The number of aromatic amines is 1. The number of aromatic nitrogens is 2. The number of benzene rings is 3. The summed E-state index contributed by atoms with van der Waals surface area (Å²) in [6.07, 6.45) is 0.216. The number of nitrogens with one attached hydrogen (secondary N) is 2. The summed E-state index contributed by atoms with van der Waals surface area (Å²) in [4.78, 5) is 27.6. The first-order valence-corrected chi connectivity index (χ1v) is 10.8. The Kier molecular flexibility index (Phi) is 4.96. The number of anilines is 1. The average molecular weight is 442 g/mol. The van der Waals surface area contributed by atoms with Crippen molar-refractivity contribution in [2.24, 2.45) is 0 Å². The molecule has 1 aliphatic heterocycles. The molecular formula is C26H23FN4O2. The molecule has 0 bridgehead atoms. The quantitative estimate of drug-likeness (QED) is 0.478. The lowest BCUT2D eigenvalue weighted by molar-refractivity contribution is -0.115. The number of rotatable bonds is 4. The standard InChI is InChI=1S/C26H23FN4O2/c1-26(2)23-21(15-31(26)25(33)18-9-11-20(27)12-10-18)24(30-29-23)28-22(32)14-16-7-8-17-5-3-4-6-19(17)13-16/h3-13H,14-15H2,1-2H3,(H2,28,29,30,32). The van der Waals surface area contributed by atoms with Gasteiger partial charge in [-0.3, -0.25) is 14.7 Å². The fourth-order valence-electron chi connectivity index (χ4n) is 4.40. The molecule has 166 valence electrons. The van der Waals surface area contributed by atoms with E-state index in [1.54, 1.807) is 4.90 Å². The van der Waals surface area contributed by atoms with Gasteiger partial charge in [-0.25, -0.2) is 4.39 Å². The molecule has 0 saturated carbocycles. The van der Waals surface area contributed by atoms with E-state index in [4.69, 9.17) is 0 Å². The van der Waals surface area contributed by atoms with Crippen LogP contribution in [0.3, 0.4) is 0 Å². The molecule has 7 heteroatoms. The topological polar surface area (TPSA) is 78.1 Å². The van der Waals surface area contributed by atoms with E-state index in [0.717, 1.165) is 27.6 Å². The Morgan fingerprint density at radius 2 is 1.79 bits per heavy atom. The molecule has 0 saturated heterocycles. The van der Waals surface area contributed by atoms with E-state index in [1.165, 1.54) is 24.3 Å². The molecule has 0 spiro atoms. The minimum Gasteiger partial charge on any atom is -0.323 e. The van der Waals surface area contributed by atoms with Crippen LogP contribution in [0.5, 0.6) is 0 Å². The van der Waals surface area contributed by atoms with Gasteiger partial charge >= 0.3 is 0 Å². The van der Waals surface area contributed by atoms with Gasteiger partial charge in [0, 0.05) is 11.1 Å². The van der Waals surface area contributed by atoms with E-state index in [-0.39, 0.29) is 18.2 Å². The number of nitrogens with zero attached hydrogens (tertiary/aromatic N) is 2. The normalized spacial score (nSPS) is 14.3. The zero-order chi connectivity index (χ0) is 23.2. The number of hydrogen-bond donors (Lipinski definition) is 2. The van der Waals surface area contributed by atoms with Crippen LogP contribution < -0.4 is 5.32 Å². The van der Waals surface area contributed by atoms with Gasteiger partial charge in [-0.15, -0.1) is 0 Å². The lowest BCUT2D eigenvalue weighted by Crippen LogP contribution is -2.40. The van der Waals surface area contributed by atoms with Crippen LogP contribution in [0.15, 0.2) is 66.7 Å². The van der Waals surface area contributed by atoms with Gasteiger partial charge in [0.1, 0.15) is 5.82 Å². The van der Waals surface area contributed by atoms with E-state index < -0.39 is 11.4 Å². The maximum Gasteiger partial charge on any atom is 0.254 e. The van der Waals surface area contributed by atoms with Gasteiger partial charge < -0.3 is 10.2 Å². The molecular weight excluding hydrogens is 419 g/mol. The summed E-state index contributed by atoms with van der Waals surface area (Å²) in [6.45, 7) is 4.12. The summed E-state index contributed by atoms with van der Waals surface area (Å²) in [5.74, 6) is -0.352. The molecule has 0 unspecified atom stereocenters. The van der Waals surface area contributed by atoms with Crippen LogP contribution in [0, 0.1) is 5.82 Å². The fraction of sp³-hybridized carbons (Fsp3) is 0.192. The molecule has 1 aliphatic rings. The van der Waals surface area contributed by atoms with Crippen LogP contribution in [-0.2, 0) is 23.3 Å². The van der Waals surface area contributed by atoms with Gasteiger partial charge in [-0.05, 0) is 54.4 Å². The lowest BCUT2D eigenvalue weighted by atomic mass is 10.00. The summed E-state index contributed by atoms with van der Waals surface area (Å²) in [5, 5.41) is 12.4. The zero-order valence-electron chi connectivity index (χ0n) is 18.4. The Hall–Kier alpha value is -4.00. The first-order chi connectivity index (χ1) is 15.8. The van der Waals surface area contributed by atoms with Crippen molar-refractivity contribution in [1.82, 2.24) is 15.1 Å². The highest BCUT2D eigenvalue weighted by atomic mass is 19.1. The molecule has 3 aromatic carbocycles. The molecule has 2 N–H and O–H groups in total. The predicted octanol–water partition coefficient (Wildman–Crippen LogP) is 4.77. The van der Waals surface area contributed by atoms with Gasteiger partial charge in [0.25, 0.3) is 5.91 Å². The van der Waals surface area contributed by atoms with Gasteiger partial charge in [0.2, 0.25) is 5.91 Å². The molecule has 0 aliphatic carbocycles. The van der Waals surface area contributed by atoms with E-state index in [1.807, 2.05) is 56.3 Å². The molecule has 33 heavy (non-hydrogen) atoms. The smallest absolute Gasteiger partial charge is 0.254 e. The number of fused-ring (bicyclic) bond motifs is 2. The second-order valence-corrected chi connectivity index (χ2v) is 8.79. The summed E-state index contributed by atoms with van der Waals surface area (Å²) < 4.78 is 13.3. The number of H-pyrrole nitrogens is 1. The van der Waals surface area contributed by atoms with Gasteiger partial charge in [-0.2, -0.15) is 5.10 Å². The highest BCUT2D eigenvalue weighted by Crippen LogP contribution is 2.41. The minimum atomic E-state index is -0.658. The molecule has 2 amide bonds. The number of halogens is 1. The van der Waals surface area contributed by atoms with Crippen molar-refractivity contribution in [1.29, 1.82) is 0 Å². The zero-order valence-corrected chi connectivity index (χ0v) is 18.4. The third kappa shape index (κ3) is 3.75. The molecule has 2 heterocycles. The molecule has 6 nitrogen and oxygen atoms in total. The fourth-order valence-corrected chi connectivity index (χ4v) is 4.40. The van der Waals surface area contributed by atoms with E-state index in [2.05, 4.69) is 15.5 Å². The summed E-state index contributed by atoms with van der Waals surface area (Å²) in [6, 6.07) is 19.5. The van der Waals surface area contributed by atoms with E-state index in [9.17, 15) is 14.0 Å². The van der Waals surface area contributed by atoms with Crippen molar-refractivity contribution in [2.45, 2.75) is 32.4 Å². The summed E-state index contributed by atoms with van der Waals surface area (Å²) in [7, 11) is 0. The van der Waals surface area contributed by atoms with Crippen LogP contribution in [0.25, 0.3) is 10.8 Å². The average Bonchev–Trinajstić information content (AvgIpc) is 3.31. The second kappa shape index (κ2) is 7.85. The van der Waals surface area contributed by atoms with Gasteiger partial charge in [0.15, 0.2) is 5.82 Å². The molecule has 4 aromatic rings. The molecule has 1 aromatic heterocycles. The Morgan fingerprint density at radius 1 is 1.06 bits per heavy atom. The van der Waals surface area contributed by atoms with E-state index in [0.29, 0.717) is 17.9 Å². The number of hydrogen-bond acceptors (Lipinski definition) is 3. The summed E-state index contributed by atoms with van der Waals surface area (Å²) in [5.41, 5.74) is 2.22. The molecule has 0 atom stereocenters. The number of carbonyl (C=O) groups excluding carboxylic acids is 2. The Labute approximate surface area is 190 Å². The predicted molar refractivity (Wildman–Crippen MR) is 124 cm³/mol. The molecule has 0 fully saturated rings. The first kappa shape index (κ1) is 20.9. The van der Waals surface area contributed by atoms with Crippen molar-refractivity contribution in [2.75, 3.05) is 5.32 Å². The third-order valence-corrected chi connectivity index (χ3v) is 6.24. The van der Waals surface area contributed by atoms with Crippen LogP contribution in [-0.4, -0.2) is 26.9 Å². The molecule has 5 rings (SSSR count). The SMILES string of the molecule is CC1(C)c2[nH]nc(NC(=O)Cc3ccc4ccccc4c3)c2CN1C(=O)c1ccc(F)cc1. The second-order valence-electron chi connectivity index (χ2n) is 8.79. The molecule has 0 radical (unpaired) electrons. The van der Waals surface area contributed by atoms with Crippen molar-refractivity contribution in [3.05, 3.63) is 94.9 Å². The highest BCUT2D eigenvalue weighted by Gasteiger charge is 2.44. The van der Waals surface area contributed by atoms with Crippen molar-refractivity contribution >= 4 is 28.4 Å². The number of amides is 2. The van der Waals surface area contributed by atoms with Gasteiger partial charge in [0.05, 0.1) is 24.2 Å². The minimum absolute atomic E-state index is 0.180. The Balaban J connectivity index is 1.33. The third-order valence-electron chi connectivity index (χ3n) is 6.24. The Morgan fingerprint density at radius 3 is 2.55 bits per heavy atom. The van der Waals surface area contributed by atoms with Crippen LogP contribution in [0.4, 0.5) is 10.2 Å². The van der Waals surface area contributed by atoms with Crippen LogP contribution in [0.1, 0.15) is 41.0 Å².